The Morgan fingerprint density at radius 2 is 1.30 bits per heavy atom. The molecule has 0 saturated heterocycles. The van der Waals surface area contributed by atoms with Crippen molar-refractivity contribution in [1.82, 2.24) is 0 Å². The molecule has 47 heavy (non-hydrogen) atoms. The molecule has 4 nitrogen and oxygen atoms in total. The maximum absolute atomic E-state index is 14.5. The first-order chi connectivity index (χ1) is 22.6. The van der Waals surface area contributed by atoms with Crippen LogP contribution in [0.3, 0.4) is 0 Å². The lowest BCUT2D eigenvalue weighted by Crippen LogP contribution is -2.41. The monoisotopic (exact) mass is 636 g/mol. The standard InChI is InChI=1S/C43H56O4/c1-28-10-9-15-37(29(28)2)41(46)27-43(3,42(47)34-22-16-31(17-23-34)30-11-5-4-6-12-30)26-40(45)33-20-18-32(19-21-33)38-24-35-13-7-8-14-36(35)25-39(38)44/h7-10,13-15,30-34,38H,4-6,11-12,16-27H2,1-3H3/t31?,32?,33?,34?,38?,43-/m1/s1. The van der Waals surface area contributed by atoms with Crippen LogP contribution in [0, 0.1) is 54.8 Å². The summed E-state index contributed by atoms with van der Waals surface area (Å²) in [6.45, 7) is 5.92. The van der Waals surface area contributed by atoms with Gasteiger partial charge in [0.05, 0.1) is 0 Å². The van der Waals surface area contributed by atoms with Crippen LogP contribution in [0.1, 0.15) is 136 Å². The highest BCUT2D eigenvalue weighted by Crippen LogP contribution is 2.45. The first-order valence-electron chi connectivity index (χ1n) is 18.9. The van der Waals surface area contributed by atoms with E-state index in [1.165, 1.54) is 43.2 Å². The average Bonchev–Trinajstić information content (AvgIpc) is 3.09. The quantitative estimate of drug-likeness (QED) is 0.244. The second-order valence-electron chi connectivity index (χ2n) is 16.3. The molecule has 6 rings (SSSR count). The molecule has 0 bridgehead atoms. The van der Waals surface area contributed by atoms with E-state index in [-0.39, 0.29) is 47.9 Å². The van der Waals surface area contributed by atoms with E-state index in [0.29, 0.717) is 23.7 Å². The number of hydrogen-bond donors (Lipinski definition) is 0. The molecule has 0 radical (unpaired) electrons. The summed E-state index contributed by atoms with van der Waals surface area (Å²) in [5, 5.41) is 0. The number of aryl methyl sites for hydroxylation is 1. The minimum Gasteiger partial charge on any atom is -0.299 e. The maximum atomic E-state index is 14.5. The van der Waals surface area contributed by atoms with Crippen molar-refractivity contribution in [2.45, 2.75) is 130 Å². The van der Waals surface area contributed by atoms with Crippen LogP contribution in [-0.4, -0.2) is 23.1 Å². The number of Topliss-reactive ketones (excluding diaryl/α,β-unsaturated/α-hetero) is 4. The number of fused-ring (bicyclic) bond motifs is 1. The van der Waals surface area contributed by atoms with E-state index in [1.54, 1.807) is 0 Å². The molecule has 0 heterocycles. The first kappa shape index (κ1) is 34.0. The summed E-state index contributed by atoms with van der Waals surface area (Å²) in [7, 11) is 0. The number of carbonyl (C=O) groups excluding carboxylic acids is 4. The fourth-order valence-electron chi connectivity index (χ4n) is 10.1. The highest BCUT2D eigenvalue weighted by Gasteiger charge is 2.45. The van der Waals surface area contributed by atoms with Crippen molar-refractivity contribution in [1.29, 1.82) is 0 Å². The molecule has 4 aliphatic carbocycles. The SMILES string of the molecule is Cc1cccc(C(=O)C[C@@](C)(CC(=O)C2CCC(C3Cc4ccccc4CC3=O)CC2)C(=O)C2CCC(C3CCCCC3)CC2)c1C. The molecular weight excluding hydrogens is 580 g/mol. The fraction of sp³-hybridized carbons (Fsp3) is 0.628. The van der Waals surface area contributed by atoms with Gasteiger partial charge in [0.25, 0.3) is 0 Å². The minimum atomic E-state index is -0.993. The third-order valence-electron chi connectivity index (χ3n) is 13.2. The van der Waals surface area contributed by atoms with Crippen molar-refractivity contribution in [3.8, 4) is 0 Å². The van der Waals surface area contributed by atoms with Crippen molar-refractivity contribution >= 4 is 23.1 Å². The van der Waals surface area contributed by atoms with E-state index >= 15 is 0 Å². The van der Waals surface area contributed by atoms with Gasteiger partial charge < -0.3 is 0 Å². The van der Waals surface area contributed by atoms with Crippen LogP contribution >= 0.6 is 0 Å². The van der Waals surface area contributed by atoms with E-state index in [2.05, 4.69) is 18.2 Å². The molecule has 0 aliphatic heterocycles. The van der Waals surface area contributed by atoms with Crippen molar-refractivity contribution in [3.63, 3.8) is 0 Å². The Bertz CT molecular complexity index is 1460. The van der Waals surface area contributed by atoms with E-state index in [9.17, 15) is 19.2 Å². The Labute approximate surface area is 282 Å². The molecule has 2 aromatic carbocycles. The lowest BCUT2D eigenvalue weighted by atomic mass is 9.64. The topological polar surface area (TPSA) is 68.3 Å². The Hall–Kier alpha value is -2.88. The van der Waals surface area contributed by atoms with Gasteiger partial charge >= 0.3 is 0 Å². The van der Waals surface area contributed by atoms with E-state index in [4.69, 9.17) is 0 Å². The summed E-state index contributed by atoms with van der Waals surface area (Å²) in [5.74, 6) is 2.36. The summed E-state index contributed by atoms with van der Waals surface area (Å²) in [6, 6.07) is 14.1. The van der Waals surface area contributed by atoms with Gasteiger partial charge in [0, 0.05) is 48.0 Å². The number of ketones is 4. The molecule has 4 heteroatoms. The Morgan fingerprint density at radius 3 is 2.00 bits per heavy atom. The summed E-state index contributed by atoms with van der Waals surface area (Å²) in [5.41, 5.74) is 4.18. The van der Waals surface area contributed by atoms with Crippen LogP contribution in [0.25, 0.3) is 0 Å². The van der Waals surface area contributed by atoms with Gasteiger partial charge in [-0.2, -0.15) is 0 Å². The van der Waals surface area contributed by atoms with Gasteiger partial charge in [-0.15, -0.1) is 0 Å². The largest absolute Gasteiger partial charge is 0.299 e. The van der Waals surface area contributed by atoms with E-state index in [1.807, 2.05) is 45.0 Å². The molecule has 4 aliphatic rings. The summed E-state index contributed by atoms with van der Waals surface area (Å²) < 4.78 is 0. The van der Waals surface area contributed by atoms with Gasteiger partial charge in [0.1, 0.15) is 17.3 Å². The molecule has 252 valence electrons. The predicted molar refractivity (Wildman–Crippen MR) is 187 cm³/mol. The molecule has 2 aromatic rings. The zero-order valence-electron chi connectivity index (χ0n) is 29.2. The summed E-state index contributed by atoms with van der Waals surface area (Å²) in [6.07, 6.45) is 15.6. The van der Waals surface area contributed by atoms with Gasteiger partial charge in [0.2, 0.25) is 0 Å². The Kier molecular flexibility index (Phi) is 10.6. The number of carbonyl (C=O) groups is 4. The third kappa shape index (κ3) is 7.57. The molecule has 3 fully saturated rings. The zero-order chi connectivity index (χ0) is 33.1. The Morgan fingerprint density at radius 1 is 0.681 bits per heavy atom. The van der Waals surface area contributed by atoms with Crippen LogP contribution in [0.15, 0.2) is 42.5 Å². The van der Waals surface area contributed by atoms with Crippen LogP contribution in [-0.2, 0) is 27.2 Å². The van der Waals surface area contributed by atoms with Gasteiger partial charge in [-0.25, -0.2) is 0 Å². The van der Waals surface area contributed by atoms with Crippen LogP contribution in [0.4, 0.5) is 0 Å². The lowest BCUT2D eigenvalue weighted by molar-refractivity contribution is -0.139. The fourth-order valence-corrected chi connectivity index (χ4v) is 10.1. The van der Waals surface area contributed by atoms with Gasteiger partial charge in [-0.1, -0.05) is 81.5 Å². The number of hydrogen-bond acceptors (Lipinski definition) is 4. The highest BCUT2D eigenvalue weighted by atomic mass is 16.1. The van der Waals surface area contributed by atoms with Crippen LogP contribution < -0.4 is 0 Å². The van der Waals surface area contributed by atoms with Crippen LogP contribution in [0.2, 0.25) is 0 Å². The maximum Gasteiger partial charge on any atom is 0.164 e. The number of rotatable bonds is 10. The molecule has 0 N–H and O–H groups in total. The highest BCUT2D eigenvalue weighted by molar-refractivity contribution is 6.03. The summed E-state index contributed by atoms with van der Waals surface area (Å²) in [4.78, 5) is 55.6. The summed E-state index contributed by atoms with van der Waals surface area (Å²) >= 11 is 0. The van der Waals surface area contributed by atoms with E-state index in [0.717, 1.165) is 80.8 Å². The number of benzene rings is 2. The van der Waals surface area contributed by atoms with Gasteiger partial charge in [-0.3, -0.25) is 19.2 Å². The first-order valence-corrected chi connectivity index (χ1v) is 18.9. The Balaban J connectivity index is 1.13. The van der Waals surface area contributed by atoms with Crippen molar-refractivity contribution in [2.75, 3.05) is 0 Å². The van der Waals surface area contributed by atoms with Crippen molar-refractivity contribution in [3.05, 3.63) is 70.3 Å². The third-order valence-corrected chi connectivity index (χ3v) is 13.2. The van der Waals surface area contributed by atoms with Gasteiger partial charge in [-0.05, 0) is 112 Å². The second-order valence-corrected chi connectivity index (χ2v) is 16.3. The van der Waals surface area contributed by atoms with Crippen molar-refractivity contribution < 1.29 is 19.2 Å². The lowest BCUT2D eigenvalue weighted by Gasteiger charge is -2.39. The van der Waals surface area contributed by atoms with E-state index < -0.39 is 5.41 Å². The van der Waals surface area contributed by atoms with Crippen molar-refractivity contribution in [2.24, 2.45) is 40.9 Å². The molecular formula is C43H56O4. The molecule has 0 aromatic heterocycles. The molecule has 1 unspecified atom stereocenters. The van der Waals surface area contributed by atoms with Crippen LogP contribution in [0.5, 0.6) is 0 Å². The molecule has 3 saturated carbocycles. The molecule has 0 spiro atoms. The smallest absolute Gasteiger partial charge is 0.164 e. The normalized spacial score (nSPS) is 28.2. The molecule has 2 atom stereocenters. The van der Waals surface area contributed by atoms with Gasteiger partial charge in [0.15, 0.2) is 5.78 Å². The predicted octanol–water partition coefficient (Wildman–Crippen LogP) is 9.59. The average molecular weight is 637 g/mol. The second kappa shape index (κ2) is 14.7. The molecule has 0 amide bonds. The minimum absolute atomic E-state index is 0.0226. The zero-order valence-corrected chi connectivity index (χ0v) is 29.2.